The number of nitrogens with zero attached hydrogens (tertiary/aromatic N) is 1. The Hall–Kier alpha value is -1.78. The van der Waals surface area contributed by atoms with Gasteiger partial charge in [0.25, 0.3) is 5.69 Å². The number of nitro groups is 1. The van der Waals surface area contributed by atoms with Crippen molar-refractivity contribution < 1.29 is 4.92 Å². The number of rotatable bonds is 5. The van der Waals surface area contributed by atoms with Crippen LogP contribution in [0.2, 0.25) is 0 Å². The maximum absolute atomic E-state index is 10.9. The second-order valence-electron chi connectivity index (χ2n) is 5.44. The molecular weight excluding hydrogens is 242 g/mol. The number of hydrogen-bond donors (Lipinski definition) is 2. The minimum Gasteiger partial charge on any atom is -0.388 e. The number of anilines is 2. The zero-order valence-electron chi connectivity index (χ0n) is 11.5. The van der Waals surface area contributed by atoms with Gasteiger partial charge in [-0.05, 0) is 30.7 Å². The lowest BCUT2D eigenvalue weighted by Gasteiger charge is -2.13. The van der Waals surface area contributed by atoms with Crippen LogP contribution in [0.5, 0.6) is 0 Å². The van der Waals surface area contributed by atoms with Gasteiger partial charge in [0, 0.05) is 37.1 Å². The normalized spacial score (nSPS) is 22.2. The fourth-order valence-electron chi connectivity index (χ4n) is 2.74. The molecule has 1 aromatic rings. The minimum absolute atomic E-state index is 0.120. The molecule has 0 aromatic heterocycles. The zero-order chi connectivity index (χ0) is 13.8. The predicted octanol–water partition coefficient (Wildman–Crippen LogP) is 3.48. The molecule has 0 radical (unpaired) electrons. The molecule has 5 heteroatoms. The van der Waals surface area contributed by atoms with Crippen molar-refractivity contribution >= 4 is 17.1 Å². The van der Waals surface area contributed by atoms with Crippen LogP contribution in [-0.4, -0.2) is 18.5 Å². The number of hydrogen-bond acceptors (Lipinski definition) is 4. The SMILES string of the molecule is CNc1cc(NCC2CCC(C)C2)cc([N+](=O)[O-])c1. The fraction of sp³-hybridized carbons (Fsp3) is 0.571. The van der Waals surface area contributed by atoms with E-state index in [1.165, 1.54) is 19.3 Å². The molecular formula is C14H21N3O2. The van der Waals surface area contributed by atoms with E-state index < -0.39 is 0 Å². The molecule has 0 bridgehead atoms. The van der Waals surface area contributed by atoms with Crippen molar-refractivity contribution in [1.29, 1.82) is 0 Å². The maximum atomic E-state index is 10.9. The summed E-state index contributed by atoms with van der Waals surface area (Å²) in [5.41, 5.74) is 1.70. The second-order valence-corrected chi connectivity index (χ2v) is 5.44. The van der Waals surface area contributed by atoms with Crippen LogP contribution < -0.4 is 10.6 Å². The van der Waals surface area contributed by atoms with E-state index in [4.69, 9.17) is 0 Å². The number of nitro benzene ring substituents is 1. The smallest absolute Gasteiger partial charge is 0.273 e. The highest BCUT2D eigenvalue weighted by molar-refractivity contribution is 5.63. The summed E-state index contributed by atoms with van der Waals surface area (Å²) in [7, 11) is 1.77. The van der Waals surface area contributed by atoms with Gasteiger partial charge < -0.3 is 10.6 Å². The largest absolute Gasteiger partial charge is 0.388 e. The quantitative estimate of drug-likeness (QED) is 0.630. The Bertz CT molecular complexity index is 462. The van der Waals surface area contributed by atoms with Gasteiger partial charge in [-0.3, -0.25) is 10.1 Å². The molecule has 19 heavy (non-hydrogen) atoms. The van der Waals surface area contributed by atoms with Crippen molar-refractivity contribution in [2.24, 2.45) is 11.8 Å². The Morgan fingerprint density at radius 3 is 2.63 bits per heavy atom. The van der Waals surface area contributed by atoms with Crippen LogP contribution in [0.4, 0.5) is 17.1 Å². The standard InChI is InChI=1S/C14H21N3O2/c1-10-3-4-11(5-10)9-16-13-6-12(15-2)7-14(8-13)17(18)19/h6-8,10-11,15-16H,3-5,9H2,1-2H3. The number of benzene rings is 1. The van der Waals surface area contributed by atoms with Crippen LogP contribution in [0.3, 0.4) is 0 Å². The van der Waals surface area contributed by atoms with Gasteiger partial charge in [0.2, 0.25) is 0 Å². The molecule has 2 N–H and O–H groups in total. The molecule has 2 unspecified atom stereocenters. The van der Waals surface area contributed by atoms with Crippen molar-refractivity contribution in [2.75, 3.05) is 24.2 Å². The molecule has 0 amide bonds. The third-order valence-corrected chi connectivity index (χ3v) is 3.82. The van der Waals surface area contributed by atoms with E-state index in [-0.39, 0.29) is 10.6 Å². The Balaban J connectivity index is 2.02. The van der Waals surface area contributed by atoms with Crippen LogP contribution in [-0.2, 0) is 0 Å². The number of nitrogens with one attached hydrogen (secondary N) is 2. The molecule has 0 saturated heterocycles. The molecule has 1 saturated carbocycles. The Labute approximate surface area is 113 Å². The van der Waals surface area contributed by atoms with E-state index in [0.717, 1.165) is 23.8 Å². The summed E-state index contributed by atoms with van der Waals surface area (Å²) in [5, 5.41) is 17.2. The molecule has 104 valence electrons. The highest BCUT2D eigenvalue weighted by Crippen LogP contribution is 2.31. The second kappa shape index (κ2) is 5.91. The lowest BCUT2D eigenvalue weighted by molar-refractivity contribution is -0.384. The van der Waals surface area contributed by atoms with Gasteiger partial charge in [0.15, 0.2) is 0 Å². The molecule has 0 heterocycles. The topological polar surface area (TPSA) is 67.2 Å². The Kier molecular flexibility index (Phi) is 4.24. The highest BCUT2D eigenvalue weighted by Gasteiger charge is 2.21. The van der Waals surface area contributed by atoms with Crippen molar-refractivity contribution in [1.82, 2.24) is 0 Å². The summed E-state index contributed by atoms with van der Waals surface area (Å²) in [5.74, 6) is 1.50. The average molecular weight is 263 g/mol. The van der Waals surface area contributed by atoms with Gasteiger partial charge in [-0.1, -0.05) is 13.3 Å². The van der Waals surface area contributed by atoms with Crippen molar-refractivity contribution in [3.05, 3.63) is 28.3 Å². The van der Waals surface area contributed by atoms with Gasteiger partial charge in [-0.25, -0.2) is 0 Å². The van der Waals surface area contributed by atoms with E-state index in [1.807, 2.05) is 6.07 Å². The summed E-state index contributed by atoms with van der Waals surface area (Å²) in [4.78, 5) is 10.5. The zero-order valence-corrected chi connectivity index (χ0v) is 11.5. The molecule has 2 rings (SSSR count). The van der Waals surface area contributed by atoms with E-state index in [2.05, 4.69) is 17.6 Å². The first-order valence-corrected chi connectivity index (χ1v) is 6.79. The van der Waals surface area contributed by atoms with Gasteiger partial charge in [-0.15, -0.1) is 0 Å². The van der Waals surface area contributed by atoms with E-state index >= 15 is 0 Å². The molecule has 0 spiro atoms. The maximum Gasteiger partial charge on any atom is 0.273 e. The third kappa shape index (κ3) is 3.59. The molecule has 1 aromatic carbocycles. The first-order valence-electron chi connectivity index (χ1n) is 6.79. The van der Waals surface area contributed by atoms with Crippen LogP contribution in [0.25, 0.3) is 0 Å². The third-order valence-electron chi connectivity index (χ3n) is 3.82. The lowest BCUT2D eigenvalue weighted by Crippen LogP contribution is -2.11. The summed E-state index contributed by atoms with van der Waals surface area (Å²) >= 11 is 0. The van der Waals surface area contributed by atoms with E-state index in [0.29, 0.717) is 5.92 Å². The van der Waals surface area contributed by atoms with Gasteiger partial charge in [-0.2, -0.15) is 0 Å². The van der Waals surface area contributed by atoms with Crippen LogP contribution in [0.15, 0.2) is 18.2 Å². The van der Waals surface area contributed by atoms with Gasteiger partial charge >= 0.3 is 0 Å². The summed E-state index contributed by atoms with van der Waals surface area (Å²) in [6.07, 6.45) is 3.80. The van der Waals surface area contributed by atoms with Crippen LogP contribution in [0, 0.1) is 22.0 Å². The van der Waals surface area contributed by atoms with Gasteiger partial charge in [0.05, 0.1) is 4.92 Å². The molecule has 0 aliphatic heterocycles. The summed E-state index contributed by atoms with van der Waals surface area (Å²) in [6, 6.07) is 5.05. The van der Waals surface area contributed by atoms with Gasteiger partial charge in [0.1, 0.15) is 0 Å². The Morgan fingerprint density at radius 2 is 2.05 bits per heavy atom. The summed E-state index contributed by atoms with van der Waals surface area (Å²) < 4.78 is 0. The lowest BCUT2D eigenvalue weighted by atomic mass is 10.1. The minimum atomic E-state index is -0.357. The summed E-state index contributed by atoms with van der Waals surface area (Å²) in [6.45, 7) is 3.18. The first-order chi connectivity index (χ1) is 9.08. The number of non-ortho nitro benzene ring substituents is 1. The van der Waals surface area contributed by atoms with E-state index in [9.17, 15) is 10.1 Å². The van der Waals surface area contributed by atoms with Crippen LogP contribution in [0.1, 0.15) is 26.2 Å². The highest BCUT2D eigenvalue weighted by atomic mass is 16.6. The molecule has 2 atom stereocenters. The predicted molar refractivity (Wildman–Crippen MR) is 77.6 cm³/mol. The van der Waals surface area contributed by atoms with Crippen LogP contribution >= 0.6 is 0 Å². The van der Waals surface area contributed by atoms with E-state index in [1.54, 1.807) is 19.2 Å². The first kappa shape index (κ1) is 13.6. The van der Waals surface area contributed by atoms with Crippen molar-refractivity contribution in [2.45, 2.75) is 26.2 Å². The monoisotopic (exact) mass is 263 g/mol. The average Bonchev–Trinajstić information content (AvgIpc) is 2.81. The molecule has 1 aliphatic carbocycles. The molecule has 5 nitrogen and oxygen atoms in total. The fourth-order valence-corrected chi connectivity index (χ4v) is 2.74. The Morgan fingerprint density at radius 1 is 1.32 bits per heavy atom. The van der Waals surface area contributed by atoms with Crippen molar-refractivity contribution in [3.8, 4) is 0 Å². The van der Waals surface area contributed by atoms with Crippen molar-refractivity contribution in [3.63, 3.8) is 0 Å². The molecule has 1 aliphatic rings. The molecule has 1 fully saturated rings.